The van der Waals surface area contributed by atoms with Gasteiger partial charge < -0.3 is 15.7 Å². The van der Waals surface area contributed by atoms with Gasteiger partial charge in [0.2, 0.25) is 0 Å². The minimum atomic E-state index is -1.10. The van der Waals surface area contributed by atoms with Crippen molar-refractivity contribution in [3.05, 3.63) is 71.7 Å². The van der Waals surface area contributed by atoms with Crippen molar-refractivity contribution < 1.29 is 14.7 Å². The molecule has 0 aliphatic rings. The first-order valence-electron chi connectivity index (χ1n) is 6.98. The van der Waals surface area contributed by atoms with Crippen LogP contribution in [0.2, 0.25) is 0 Å². The maximum absolute atomic E-state index is 12.1. The van der Waals surface area contributed by atoms with E-state index in [1.165, 1.54) is 24.4 Å². The number of aromatic carboxylic acids is 1. The van der Waals surface area contributed by atoms with Gasteiger partial charge >= 0.3 is 5.97 Å². The zero-order valence-electron chi connectivity index (χ0n) is 12.6. The van der Waals surface area contributed by atoms with Crippen molar-refractivity contribution in [3.8, 4) is 6.07 Å². The van der Waals surface area contributed by atoms with Crippen LogP contribution in [0.3, 0.4) is 0 Å². The first kappa shape index (κ1) is 16.7. The van der Waals surface area contributed by atoms with Gasteiger partial charge in [-0.05, 0) is 30.3 Å². The maximum atomic E-state index is 12.1. The predicted octanol–water partition coefficient (Wildman–Crippen LogP) is 1.92. The summed E-state index contributed by atoms with van der Waals surface area (Å²) in [7, 11) is 0. The summed E-state index contributed by atoms with van der Waals surface area (Å²) in [6, 6.07) is 13.0. The highest BCUT2D eigenvalue weighted by molar-refractivity contribution is 6.06. The number of carboxylic acid groups (broad SMARTS) is 1. The highest BCUT2D eigenvalue weighted by Crippen LogP contribution is 2.11. The Morgan fingerprint density at radius 3 is 2.75 bits per heavy atom. The molecule has 0 atom stereocenters. The molecule has 0 fully saturated rings. The molecular formula is C17H14N4O3. The number of carbonyl (C=O) groups excluding carboxylic acids is 1. The Balaban J connectivity index is 2.01. The van der Waals surface area contributed by atoms with Crippen LogP contribution in [0.15, 0.2) is 60.4 Å². The summed E-state index contributed by atoms with van der Waals surface area (Å²) in [5.74, 6) is -1.73. The summed E-state index contributed by atoms with van der Waals surface area (Å²) in [6.45, 7) is 0.369. The minimum Gasteiger partial charge on any atom is -0.478 e. The van der Waals surface area contributed by atoms with Crippen LogP contribution in [0.25, 0.3) is 0 Å². The summed E-state index contributed by atoms with van der Waals surface area (Å²) >= 11 is 0. The number of carboxylic acids is 1. The molecular weight excluding hydrogens is 308 g/mol. The van der Waals surface area contributed by atoms with E-state index in [9.17, 15) is 9.59 Å². The van der Waals surface area contributed by atoms with Crippen LogP contribution in [0.5, 0.6) is 0 Å². The molecule has 0 aliphatic heterocycles. The lowest BCUT2D eigenvalue weighted by molar-refractivity contribution is -0.112. The topological polar surface area (TPSA) is 115 Å². The third-order valence-corrected chi connectivity index (χ3v) is 2.99. The fraction of sp³-hybridized carbons (Fsp3) is 0.0588. The number of hydrogen-bond donors (Lipinski definition) is 3. The average molecular weight is 322 g/mol. The van der Waals surface area contributed by atoms with Gasteiger partial charge in [0.05, 0.1) is 17.8 Å². The number of benzene rings is 1. The standard InChI is InChI=1S/C17H14N4O3/c18-9-13(10-19-11-15-5-1-2-7-20-15)16(22)21-14-6-3-4-12(8-14)17(23)24/h1-8,10,19H,11H2,(H,21,22)(H,23,24)/b13-10-. The average Bonchev–Trinajstić information content (AvgIpc) is 2.59. The molecule has 120 valence electrons. The van der Waals surface area contributed by atoms with Crippen molar-refractivity contribution in [2.24, 2.45) is 0 Å². The number of pyridine rings is 1. The third kappa shape index (κ3) is 4.68. The van der Waals surface area contributed by atoms with E-state index >= 15 is 0 Å². The van der Waals surface area contributed by atoms with Gasteiger partial charge in [-0.1, -0.05) is 12.1 Å². The largest absolute Gasteiger partial charge is 0.478 e. The van der Waals surface area contributed by atoms with Gasteiger partial charge in [-0.25, -0.2) is 4.79 Å². The SMILES string of the molecule is N#C/C(=C/NCc1ccccn1)C(=O)Nc1cccc(C(=O)O)c1. The van der Waals surface area contributed by atoms with Crippen molar-refractivity contribution in [1.29, 1.82) is 5.26 Å². The summed E-state index contributed by atoms with van der Waals surface area (Å²) in [6.07, 6.45) is 2.94. The molecule has 0 saturated heterocycles. The molecule has 1 heterocycles. The monoisotopic (exact) mass is 322 g/mol. The van der Waals surface area contributed by atoms with Crippen molar-refractivity contribution in [3.63, 3.8) is 0 Å². The Bertz CT molecular complexity index is 810. The molecule has 7 nitrogen and oxygen atoms in total. The molecule has 2 aromatic rings. The lowest BCUT2D eigenvalue weighted by atomic mass is 10.2. The van der Waals surface area contributed by atoms with Gasteiger partial charge in [-0.15, -0.1) is 0 Å². The fourth-order valence-electron chi connectivity index (χ4n) is 1.84. The Morgan fingerprint density at radius 1 is 1.25 bits per heavy atom. The van der Waals surface area contributed by atoms with Gasteiger partial charge in [-0.2, -0.15) is 5.26 Å². The molecule has 0 unspecified atom stereocenters. The summed E-state index contributed by atoms with van der Waals surface area (Å²) < 4.78 is 0. The molecule has 2 rings (SSSR count). The van der Waals surface area contributed by atoms with Crippen LogP contribution in [-0.2, 0) is 11.3 Å². The highest BCUT2D eigenvalue weighted by atomic mass is 16.4. The van der Waals surface area contributed by atoms with Crippen molar-refractivity contribution in [1.82, 2.24) is 10.3 Å². The Kier molecular flexibility index (Phi) is 5.64. The summed E-state index contributed by atoms with van der Waals surface area (Å²) in [4.78, 5) is 27.1. The molecule has 0 spiro atoms. The van der Waals surface area contributed by atoms with Crippen LogP contribution >= 0.6 is 0 Å². The van der Waals surface area contributed by atoms with Crippen molar-refractivity contribution in [2.75, 3.05) is 5.32 Å². The number of rotatable bonds is 6. The second-order valence-electron chi connectivity index (χ2n) is 4.71. The maximum Gasteiger partial charge on any atom is 0.335 e. The molecule has 7 heteroatoms. The van der Waals surface area contributed by atoms with E-state index < -0.39 is 11.9 Å². The number of anilines is 1. The Labute approximate surface area is 138 Å². The van der Waals surface area contributed by atoms with Crippen LogP contribution in [0, 0.1) is 11.3 Å². The highest BCUT2D eigenvalue weighted by Gasteiger charge is 2.10. The third-order valence-electron chi connectivity index (χ3n) is 2.99. The number of carbonyl (C=O) groups is 2. The molecule has 0 aliphatic carbocycles. The zero-order chi connectivity index (χ0) is 17.4. The molecule has 24 heavy (non-hydrogen) atoms. The molecule has 3 N–H and O–H groups in total. The quantitative estimate of drug-likeness (QED) is 0.553. The van der Waals surface area contributed by atoms with E-state index in [0.717, 1.165) is 5.69 Å². The predicted molar refractivity (Wildman–Crippen MR) is 86.8 cm³/mol. The van der Waals surface area contributed by atoms with Gasteiger partial charge in [0, 0.05) is 18.1 Å². The first-order chi connectivity index (χ1) is 11.6. The van der Waals surface area contributed by atoms with Crippen molar-refractivity contribution in [2.45, 2.75) is 6.54 Å². The number of nitriles is 1. The lowest BCUT2D eigenvalue weighted by Gasteiger charge is -2.06. The normalized spacial score (nSPS) is 10.5. The van der Waals surface area contributed by atoms with Gasteiger partial charge in [0.1, 0.15) is 11.6 Å². The Morgan fingerprint density at radius 2 is 2.08 bits per heavy atom. The van der Waals surface area contributed by atoms with E-state index in [1.807, 2.05) is 12.1 Å². The van der Waals surface area contributed by atoms with Crippen molar-refractivity contribution >= 4 is 17.6 Å². The first-order valence-corrected chi connectivity index (χ1v) is 6.98. The number of amides is 1. The lowest BCUT2D eigenvalue weighted by Crippen LogP contribution is -2.17. The molecule has 0 saturated carbocycles. The Hall–Kier alpha value is -3.66. The van der Waals surface area contributed by atoms with Gasteiger partial charge in [-0.3, -0.25) is 9.78 Å². The minimum absolute atomic E-state index is 0.0450. The van der Waals surface area contributed by atoms with E-state index in [1.54, 1.807) is 24.4 Å². The second-order valence-corrected chi connectivity index (χ2v) is 4.71. The number of hydrogen-bond acceptors (Lipinski definition) is 5. The van der Waals surface area contributed by atoms with Crippen LogP contribution in [0.4, 0.5) is 5.69 Å². The van der Waals surface area contributed by atoms with E-state index in [-0.39, 0.29) is 11.1 Å². The molecule has 0 radical (unpaired) electrons. The molecule has 1 aromatic heterocycles. The number of nitrogens with one attached hydrogen (secondary N) is 2. The number of nitrogens with zero attached hydrogens (tertiary/aromatic N) is 2. The van der Waals surface area contributed by atoms with E-state index in [0.29, 0.717) is 12.2 Å². The zero-order valence-corrected chi connectivity index (χ0v) is 12.6. The smallest absolute Gasteiger partial charge is 0.335 e. The fourth-order valence-corrected chi connectivity index (χ4v) is 1.84. The molecule has 1 amide bonds. The van der Waals surface area contributed by atoms with E-state index in [4.69, 9.17) is 10.4 Å². The molecule has 0 bridgehead atoms. The van der Waals surface area contributed by atoms with Crippen LogP contribution in [-0.4, -0.2) is 22.0 Å². The second kappa shape index (κ2) is 8.10. The van der Waals surface area contributed by atoms with E-state index in [2.05, 4.69) is 15.6 Å². The van der Waals surface area contributed by atoms with Gasteiger partial charge in [0.15, 0.2) is 0 Å². The number of aromatic nitrogens is 1. The molecule has 1 aromatic carbocycles. The summed E-state index contributed by atoms with van der Waals surface area (Å²) in [5, 5.41) is 23.4. The summed E-state index contributed by atoms with van der Waals surface area (Å²) in [5.41, 5.74) is 0.974. The van der Waals surface area contributed by atoms with Crippen LogP contribution < -0.4 is 10.6 Å². The van der Waals surface area contributed by atoms with Crippen LogP contribution in [0.1, 0.15) is 16.1 Å². The van der Waals surface area contributed by atoms with Gasteiger partial charge in [0.25, 0.3) is 5.91 Å².